The third-order valence-electron chi connectivity index (χ3n) is 3.76. The number of nitrogens with zero attached hydrogens (tertiary/aromatic N) is 1. The molecule has 0 aliphatic rings. The van der Waals surface area contributed by atoms with Crippen LogP contribution in [0.25, 0.3) is 10.8 Å². The van der Waals surface area contributed by atoms with Crippen molar-refractivity contribution in [3.05, 3.63) is 72.3 Å². The van der Waals surface area contributed by atoms with E-state index in [-0.39, 0.29) is 0 Å². The summed E-state index contributed by atoms with van der Waals surface area (Å²) in [7, 11) is 1.80. The lowest BCUT2D eigenvalue weighted by atomic mass is 9.99. The summed E-state index contributed by atoms with van der Waals surface area (Å²) >= 11 is 0. The van der Waals surface area contributed by atoms with Crippen LogP contribution in [0.5, 0.6) is 0 Å². The molecule has 0 atom stereocenters. The standard InChI is InChI=1S/C20H23N/c1-4-19(21-3)15-16(2)9-7-11-18-13-8-12-17-10-5-6-14-20(17)18/h4-6,8,10,12-15H,1,7,9,11H2,2-3H3/b16-15+,21-19?. The lowest BCUT2D eigenvalue weighted by Crippen LogP contribution is -1.92. The number of rotatable bonds is 6. The van der Waals surface area contributed by atoms with Crippen LogP contribution in [0.1, 0.15) is 25.3 Å². The van der Waals surface area contributed by atoms with E-state index in [1.165, 1.54) is 21.9 Å². The Bertz CT molecular complexity index is 672. The molecule has 0 N–H and O–H groups in total. The van der Waals surface area contributed by atoms with E-state index >= 15 is 0 Å². The van der Waals surface area contributed by atoms with Crippen LogP contribution >= 0.6 is 0 Å². The normalized spacial score (nSPS) is 12.7. The van der Waals surface area contributed by atoms with Crippen LogP contribution in [0.15, 0.2) is 71.8 Å². The maximum atomic E-state index is 4.18. The minimum atomic E-state index is 0.956. The van der Waals surface area contributed by atoms with E-state index < -0.39 is 0 Å². The van der Waals surface area contributed by atoms with Gasteiger partial charge in [-0.25, -0.2) is 0 Å². The van der Waals surface area contributed by atoms with Crippen LogP contribution in [0.3, 0.4) is 0 Å². The molecule has 21 heavy (non-hydrogen) atoms. The Morgan fingerprint density at radius 2 is 1.90 bits per heavy atom. The first kappa shape index (κ1) is 15.2. The Morgan fingerprint density at radius 1 is 1.14 bits per heavy atom. The lowest BCUT2D eigenvalue weighted by Gasteiger charge is -2.07. The van der Waals surface area contributed by atoms with Crippen LogP contribution in [0.2, 0.25) is 0 Å². The second-order valence-electron chi connectivity index (χ2n) is 5.34. The van der Waals surface area contributed by atoms with E-state index in [0.29, 0.717) is 0 Å². The maximum absolute atomic E-state index is 4.18. The Labute approximate surface area is 127 Å². The van der Waals surface area contributed by atoms with Crippen molar-refractivity contribution in [2.75, 3.05) is 7.05 Å². The van der Waals surface area contributed by atoms with Crippen molar-refractivity contribution in [2.24, 2.45) is 4.99 Å². The molecule has 2 aromatic rings. The van der Waals surface area contributed by atoms with E-state index in [9.17, 15) is 0 Å². The van der Waals surface area contributed by atoms with Gasteiger partial charge in [0.1, 0.15) is 0 Å². The smallest absolute Gasteiger partial charge is 0.0564 e. The number of fused-ring (bicyclic) bond motifs is 1. The SMILES string of the molecule is C=CC(/C=C(\C)CCCc1cccc2ccccc12)=NC. The highest BCUT2D eigenvalue weighted by Gasteiger charge is 2.00. The second-order valence-corrected chi connectivity index (χ2v) is 5.34. The predicted octanol–water partition coefficient (Wildman–Crippen LogP) is 5.37. The van der Waals surface area contributed by atoms with Crippen LogP contribution in [-0.2, 0) is 6.42 Å². The fourth-order valence-electron chi connectivity index (χ4n) is 2.61. The molecule has 0 amide bonds. The van der Waals surface area contributed by atoms with Crippen molar-refractivity contribution >= 4 is 16.5 Å². The summed E-state index contributed by atoms with van der Waals surface area (Å²) in [6.45, 7) is 5.94. The summed E-state index contributed by atoms with van der Waals surface area (Å²) in [4.78, 5) is 4.18. The van der Waals surface area contributed by atoms with Gasteiger partial charge < -0.3 is 0 Å². The molecule has 0 fully saturated rings. The molecule has 2 rings (SSSR count). The summed E-state index contributed by atoms with van der Waals surface area (Å²) in [6.07, 6.45) is 7.28. The van der Waals surface area contributed by atoms with Gasteiger partial charge in [0.2, 0.25) is 0 Å². The van der Waals surface area contributed by atoms with E-state index in [1.807, 2.05) is 0 Å². The van der Waals surface area contributed by atoms with Gasteiger partial charge in [-0.05, 0) is 54.7 Å². The highest BCUT2D eigenvalue weighted by molar-refractivity contribution is 6.03. The van der Waals surface area contributed by atoms with E-state index in [2.05, 4.69) is 67.0 Å². The molecule has 0 unspecified atom stereocenters. The van der Waals surface area contributed by atoms with Gasteiger partial charge in [0.15, 0.2) is 0 Å². The molecule has 0 aromatic heterocycles. The molecule has 0 radical (unpaired) electrons. The van der Waals surface area contributed by atoms with E-state index in [0.717, 1.165) is 25.0 Å². The van der Waals surface area contributed by atoms with Gasteiger partial charge in [0.05, 0.1) is 5.71 Å². The topological polar surface area (TPSA) is 12.4 Å². The zero-order chi connectivity index (χ0) is 15.1. The van der Waals surface area contributed by atoms with E-state index in [1.54, 1.807) is 13.1 Å². The molecule has 1 nitrogen and oxygen atoms in total. The van der Waals surface area contributed by atoms with Crippen LogP contribution in [0.4, 0.5) is 0 Å². The van der Waals surface area contributed by atoms with Crippen LogP contribution < -0.4 is 0 Å². The average Bonchev–Trinajstić information content (AvgIpc) is 2.53. The molecule has 1 heteroatoms. The third kappa shape index (κ3) is 4.16. The summed E-state index contributed by atoms with van der Waals surface area (Å²) in [5.74, 6) is 0. The number of benzene rings is 2. The molecule has 0 bridgehead atoms. The van der Waals surface area contributed by atoms with Gasteiger partial charge in [-0.2, -0.15) is 0 Å². The zero-order valence-corrected chi connectivity index (χ0v) is 13.0. The van der Waals surface area contributed by atoms with Gasteiger partial charge in [-0.15, -0.1) is 0 Å². The first-order valence-electron chi connectivity index (χ1n) is 7.47. The maximum Gasteiger partial charge on any atom is 0.0564 e. The van der Waals surface area contributed by atoms with Crippen molar-refractivity contribution in [3.63, 3.8) is 0 Å². The van der Waals surface area contributed by atoms with Gasteiger partial charge in [-0.3, -0.25) is 4.99 Å². The quantitative estimate of drug-likeness (QED) is 0.630. The van der Waals surface area contributed by atoms with Crippen LogP contribution in [-0.4, -0.2) is 12.8 Å². The van der Waals surface area contributed by atoms with Crippen molar-refractivity contribution in [3.8, 4) is 0 Å². The minimum absolute atomic E-state index is 0.956. The first-order valence-corrected chi connectivity index (χ1v) is 7.47. The average molecular weight is 277 g/mol. The molecule has 0 saturated heterocycles. The van der Waals surface area contributed by atoms with Crippen molar-refractivity contribution < 1.29 is 0 Å². The largest absolute Gasteiger partial charge is 0.289 e. The third-order valence-corrected chi connectivity index (χ3v) is 3.76. The van der Waals surface area contributed by atoms with E-state index in [4.69, 9.17) is 0 Å². The molecule has 0 aliphatic carbocycles. The Balaban J connectivity index is 2.01. The highest BCUT2D eigenvalue weighted by Crippen LogP contribution is 2.20. The number of aryl methyl sites for hydroxylation is 1. The predicted molar refractivity (Wildman–Crippen MR) is 94.2 cm³/mol. The molecule has 0 heterocycles. The Kier molecular flexibility index (Phi) is 5.51. The van der Waals surface area contributed by atoms with Crippen molar-refractivity contribution in [1.82, 2.24) is 0 Å². The lowest BCUT2D eigenvalue weighted by molar-refractivity contribution is 0.816. The molecular formula is C20H23N. The first-order chi connectivity index (χ1) is 10.2. The molecular weight excluding hydrogens is 254 g/mol. The summed E-state index contributed by atoms with van der Waals surface area (Å²) in [5.41, 5.74) is 3.75. The van der Waals surface area contributed by atoms with Gasteiger partial charge >= 0.3 is 0 Å². The summed E-state index contributed by atoms with van der Waals surface area (Å²) in [5, 5.41) is 2.71. The fourth-order valence-corrected chi connectivity index (χ4v) is 2.61. The summed E-state index contributed by atoms with van der Waals surface area (Å²) < 4.78 is 0. The van der Waals surface area contributed by atoms with Crippen LogP contribution in [0, 0.1) is 0 Å². The highest BCUT2D eigenvalue weighted by atomic mass is 14.7. The summed E-state index contributed by atoms with van der Waals surface area (Å²) in [6, 6.07) is 15.2. The minimum Gasteiger partial charge on any atom is -0.289 e. The monoisotopic (exact) mass is 277 g/mol. The molecule has 2 aromatic carbocycles. The van der Waals surface area contributed by atoms with Crippen molar-refractivity contribution in [1.29, 1.82) is 0 Å². The van der Waals surface area contributed by atoms with Crippen molar-refractivity contribution in [2.45, 2.75) is 26.2 Å². The number of aliphatic imine (C=N–C) groups is 1. The van der Waals surface area contributed by atoms with Gasteiger partial charge in [0.25, 0.3) is 0 Å². The second kappa shape index (κ2) is 7.58. The molecule has 0 saturated carbocycles. The molecule has 108 valence electrons. The van der Waals surface area contributed by atoms with Gasteiger partial charge in [0, 0.05) is 7.05 Å². The Morgan fingerprint density at radius 3 is 2.67 bits per heavy atom. The number of hydrogen-bond donors (Lipinski definition) is 0. The Hall–Kier alpha value is -2.15. The van der Waals surface area contributed by atoms with Gasteiger partial charge in [-0.1, -0.05) is 54.6 Å². The molecule has 0 aliphatic heterocycles. The zero-order valence-electron chi connectivity index (χ0n) is 13.0. The molecule has 0 spiro atoms. The number of hydrogen-bond acceptors (Lipinski definition) is 1. The number of allylic oxidation sites excluding steroid dienone is 3. The fraction of sp³-hybridized carbons (Fsp3) is 0.250.